The third-order valence-corrected chi connectivity index (χ3v) is 4.44. The maximum absolute atomic E-state index is 12.6. The molecule has 0 bridgehead atoms. The van der Waals surface area contributed by atoms with Crippen LogP contribution in [0, 0.1) is 0 Å². The van der Waals surface area contributed by atoms with Crippen molar-refractivity contribution in [3.8, 4) is 5.69 Å². The molecule has 1 aliphatic rings. The van der Waals surface area contributed by atoms with Crippen molar-refractivity contribution < 1.29 is 4.79 Å². The Hall–Kier alpha value is -2.14. The predicted octanol–water partition coefficient (Wildman–Crippen LogP) is 2.39. The maximum Gasteiger partial charge on any atom is 0.272 e. The molecule has 5 nitrogen and oxygen atoms in total. The fourth-order valence-electron chi connectivity index (χ4n) is 3.10. The van der Waals surface area contributed by atoms with Crippen LogP contribution in [0.4, 0.5) is 0 Å². The summed E-state index contributed by atoms with van der Waals surface area (Å²) in [7, 11) is 0. The third kappa shape index (κ3) is 3.36. The average Bonchev–Trinajstić information content (AvgIpc) is 3.14. The van der Waals surface area contributed by atoms with Crippen LogP contribution in [-0.2, 0) is 19.3 Å². The van der Waals surface area contributed by atoms with Gasteiger partial charge >= 0.3 is 0 Å². The Morgan fingerprint density at radius 2 is 2.00 bits per heavy atom. The van der Waals surface area contributed by atoms with Crippen molar-refractivity contribution >= 4 is 5.91 Å². The second-order valence-electron chi connectivity index (χ2n) is 7.23. The van der Waals surface area contributed by atoms with E-state index in [1.54, 1.807) is 0 Å². The molecule has 0 unspecified atom stereocenters. The van der Waals surface area contributed by atoms with E-state index in [1.165, 1.54) is 5.56 Å². The minimum absolute atomic E-state index is 0.129. The molecule has 1 aliphatic carbocycles. The largest absolute Gasteiger partial charge is 0.349 e. The first kappa shape index (κ1) is 16.7. The fraction of sp³-hybridized carbons (Fsp3) is 0.474. The van der Waals surface area contributed by atoms with Crippen molar-refractivity contribution in [1.82, 2.24) is 15.1 Å². The summed E-state index contributed by atoms with van der Waals surface area (Å²) in [6, 6.07) is 8.40. The summed E-state index contributed by atoms with van der Waals surface area (Å²) < 4.78 is 1.93. The fourth-order valence-corrected chi connectivity index (χ4v) is 3.10. The quantitative estimate of drug-likeness (QED) is 0.886. The summed E-state index contributed by atoms with van der Waals surface area (Å²) in [6.07, 6.45) is 3.97. The topological polar surface area (TPSA) is 72.9 Å². The van der Waals surface area contributed by atoms with Crippen molar-refractivity contribution in [3.63, 3.8) is 0 Å². The van der Waals surface area contributed by atoms with Gasteiger partial charge in [0.25, 0.3) is 5.91 Å². The number of nitrogens with two attached hydrogens (primary N) is 1. The Labute approximate surface area is 143 Å². The van der Waals surface area contributed by atoms with Crippen molar-refractivity contribution in [2.45, 2.75) is 52.0 Å². The molecule has 0 radical (unpaired) electrons. The molecule has 1 heterocycles. The first-order chi connectivity index (χ1) is 11.4. The van der Waals surface area contributed by atoms with E-state index in [0.717, 1.165) is 42.6 Å². The molecule has 2 aromatic rings. The Balaban J connectivity index is 1.91. The van der Waals surface area contributed by atoms with E-state index in [4.69, 9.17) is 5.73 Å². The van der Waals surface area contributed by atoms with Gasteiger partial charge in [-0.25, -0.2) is 4.68 Å². The Bertz CT molecular complexity index is 738. The van der Waals surface area contributed by atoms with Crippen molar-refractivity contribution in [1.29, 1.82) is 0 Å². The number of hydrogen-bond donors (Lipinski definition) is 2. The minimum atomic E-state index is -0.433. The zero-order valence-corrected chi connectivity index (χ0v) is 14.7. The van der Waals surface area contributed by atoms with Crippen molar-refractivity contribution in [3.05, 3.63) is 46.8 Å². The van der Waals surface area contributed by atoms with E-state index in [-0.39, 0.29) is 5.91 Å². The molecule has 0 saturated carbocycles. The van der Waals surface area contributed by atoms with Gasteiger partial charge in [0.1, 0.15) is 0 Å². The van der Waals surface area contributed by atoms with Gasteiger partial charge in [0.15, 0.2) is 5.69 Å². The zero-order valence-electron chi connectivity index (χ0n) is 14.7. The number of fused-ring (bicyclic) bond motifs is 1. The Morgan fingerprint density at radius 3 is 2.62 bits per heavy atom. The summed E-state index contributed by atoms with van der Waals surface area (Å²) in [5.74, 6) is -0.129. The number of hydrogen-bond acceptors (Lipinski definition) is 3. The molecule has 0 spiro atoms. The maximum atomic E-state index is 12.6. The molecular formula is C19H26N4O. The highest BCUT2D eigenvalue weighted by Crippen LogP contribution is 2.28. The minimum Gasteiger partial charge on any atom is -0.349 e. The van der Waals surface area contributed by atoms with E-state index in [9.17, 15) is 4.79 Å². The van der Waals surface area contributed by atoms with Crippen LogP contribution in [0.2, 0.25) is 0 Å². The highest BCUT2D eigenvalue weighted by molar-refractivity contribution is 5.94. The van der Waals surface area contributed by atoms with Crippen LogP contribution < -0.4 is 11.1 Å². The second-order valence-corrected chi connectivity index (χ2v) is 7.23. The van der Waals surface area contributed by atoms with Gasteiger partial charge in [-0.3, -0.25) is 4.79 Å². The number of carbonyl (C=O) groups excluding carboxylic acids is 1. The van der Waals surface area contributed by atoms with Gasteiger partial charge in [-0.2, -0.15) is 5.10 Å². The molecule has 128 valence electrons. The van der Waals surface area contributed by atoms with Gasteiger partial charge in [-0.05, 0) is 57.2 Å². The number of aromatic nitrogens is 2. The molecule has 5 heteroatoms. The predicted molar refractivity (Wildman–Crippen MR) is 95.6 cm³/mol. The zero-order chi connectivity index (χ0) is 17.3. The van der Waals surface area contributed by atoms with Crippen LogP contribution in [0.3, 0.4) is 0 Å². The summed E-state index contributed by atoms with van der Waals surface area (Å²) >= 11 is 0. The van der Waals surface area contributed by atoms with Gasteiger partial charge in [-0.1, -0.05) is 19.1 Å². The molecule has 0 aliphatic heterocycles. The molecular weight excluding hydrogens is 300 g/mol. The van der Waals surface area contributed by atoms with Crippen LogP contribution >= 0.6 is 0 Å². The highest BCUT2D eigenvalue weighted by Gasteiger charge is 2.27. The number of benzene rings is 1. The van der Waals surface area contributed by atoms with Crippen molar-refractivity contribution in [2.75, 3.05) is 6.54 Å². The highest BCUT2D eigenvalue weighted by atomic mass is 16.2. The first-order valence-corrected chi connectivity index (χ1v) is 8.66. The van der Waals surface area contributed by atoms with Crippen LogP contribution in [0.5, 0.6) is 0 Å². The number of nitrogens with one attached hydrogen (secondary N) is 1. The molecule has 1 aromatic heterocycles. The molecule has 24 heavy (non-hydrogen) atoms. The SMILES string of the molecule is CCc1ccc(-n2nc(C(=O)NCC(C)(C)N)c3c2CCC3)cc1. The van der Waals surface area contributed by atoms with Crippen molar-refractivity contribution in [2.24, 2.45) is 5.73 Å². The lowest BCUT2D eigenvalue weighted by atomic mass is 10.1. The summed E-state index contributed by atoms with van der Waals surface area (Å²) in [5.41, 5.74) is 10.6. The Morgan fingerprint density at radius 1 is 1.29 bits per heavy atom. The lowest BCUT2D eigenvalue weighted by Crippen LogP contribution is -2.45. The van der Waals surface area contributed by atoms with E-state index in [0.29, 0.717) is 12.2 Å². The lowest BCUT2D eigenvalue weighted by Gasteiger charge is -2.18. The monoisotopic (exact) mass is 326 g/mol. The van der Waals surface area contributed by atoms with E-state index in [2.05, 4.69) is 41.6 Å². The molecule has 1 aromatic carbocycles. The molecule has 3 N–H and O–H groups in total. The Kier molecular flexibility index (Phi) is 4.45. The van der Waals surface area contributed by atoms with Crippen LogP contribution in [0.1, 0.15) is 54.5 Å². The number of aryl methyl sites for hydroxylation is 1. The van der Waals surface area contributed by atoms with Gasteiger partial charge in [0.2, 0.25) is 0 Å². The number of nitrogens with zero attached hydrogens (tertiary/aromatic N) is 2. The lowest BCUT2D eigenvalue weighted by molar-refractivity contribution is 0.0939. The van der Waals surface area contributed by atoms with Gasteiger partial charge < -0.3 is 11.1 Å². The van der Waals surface area contributed by atoms with E-state index < -0.39 is 5.54 Å². The summed E-state index contributed by atoms with van der Waals surface area (Å²) in [5, 5.41) is 7.53. The van der Waals surface area contributed by atoms with Gasteiger partial charge in [0.05, 0.1) is 5.69 Å². The van der Waals surface area contributed by atoms with Gasteiger partial charge in [0, 0.05) is 23.3 Å². The van der Waals surface area contributed by atoms with Gasteiger partial charge in [-0.15, -0.1) is 0 Å². The van der Waals surface area contributed by atoms with Crippen LogP contribution in [0.15, 0.2) is 24.3 Å². The summed E-state index contributed by atoms with van der Waals surface area (Å²) in [6.45, 7) is 6.36. The third-order valence-electron chi connectivity index (χ3n) is 4.44. The second kappa shape index (κ2) is 6.40. The van der Waals surface area contributed by atoms with E-state index in [1.807, 2.05) is 18.5 Å². The molecule has 1 amide bonds. The average molecular weight is 326 g/mol. The molecule has 0 fully saturated rings. The smallest absolute Gasteiger partial charge is 0.272 e. The molecule has 3 rings (SSSR count). The molecule has 0 atom stereocenters. The van der Waals surface area contributed by atoms with E-state index >= 15 is 0 Å². The summed E-state index contributed by atoms with van der Waals surface area (Å²) in [4.78, 5) is 12.6. The van der Waals surface area contributed by atoms with Crippen LogP contribution in [0.25, 0.3) is 5.69 Å². The standard InChI is InChI=1S/C19H26N4O/c1-4-13-8-10-14(11-9-13)23-16-7-5-6-15(16)17(22-23)18(24)21-12-19(2,3)20/h8-11H,4-7,12,20H2,1-3H3,(H,21,24). The number of rotatable bonds is 5. The number of amides is 1. The van der Waals surface area contributed by atoms with Crippen LogP contribution in [-0.4, -0.2) is 27.8 Å². The number of carbonyl (C=O) groups is 1. The first-order valence-electron chi connectivity index (χ1n) is 8.66. The molecule has 0 saturated heterocycles. The normalized spacial score (nSPS) is 13.8.